The quantitative estimate of drug-likeness (QED) is 0.472. The Hall–Kier alpha value is -1.95. The molecular formula is C15H21N3O3. The number of ketones is 1. The van der Waals surface area contributed by atoms with E-state index in [1.165, 1.54) is 13.0 Å². The molecule has 6 nitrogen and oxygen atoms in total. The van der Waals surface area contributed by atoms with Crippen LogP contribution in [-0.2, 0) is 0 Å². The van der Waals surface area contributed by atoms with E-state index < -0.39 is 4.92 Å². The zero-order valence-electron chi connectivity index (χ0n) is 12.7. The molecule has 1 aliphatic rings. The number of Topliss-reactive ketones (excluding diaryl/α,β-unsaturated/α-hetero) is 1. The first-order chi connectivity index (χ1) is 9.88. The highest BCUT2D eigenvalue weighted by atomic mass is 16.6. The number of nitrogens with zero attached hydrogens (tertiary/aromatic N) is 3. The summed E-state index contributed by atoms with van der Waals surface area (Å²) in [5.74, 6) is 0.358. The average molecular weight is 291 g/mol. The Labute approximate surface area is 124 Å². The number of hydrogen-bond acceptors (Lipinski definition) is 5. The Morgan fingerprint density at radius 3 is 2.76 bits per heavy atom. The molecule has 0 bridgehead atoms. The highest BCUT2D eigenvalue weighted by Crippen LogP contribution is 2.30. The van der Waals surface area contributed by atoms with Gasteiger partial charge >= 0.3 is 0 Å². The van der Waals surface area contributed by atoms with Gasteiger partial charge in [0.1, 0.15) is 5.69 Å². The van der Waals surface area contributed by atoms with E-state index in [4.69, 9.17) is 0 Å². The second kappa shape index (κ2) is 6.22. The van der Waals surface area contributed by atoms with Crippen LogP contribution in [0.4, 0.5) is 11.4 Å². The van der Waals surface area contributed by atoms with Crippen molar-refractivity contribution in [3.8, 4) is 0 Å². The number of likely N-dealkylation sites (tertiary alicyclic amines) is 1. The number of carbonyl (C=O) groups excluding carboxylic acids is 1. The molecule has 114 valence electrons. The van der Waals surface area contributed by atoms with E-state index in [0.29, 0.717) is 17.2 Å². The molecule has 1 aromatic rings. The zero-order chi connectivity index (χ0) is 15.6. The molecular weight excluding hydrogens is 270 g/mol. The molecule has 6 heteroatoms. The topological polar surface area (TPSA) is 66.7 Å². The van der Waals surface area contributed by atoms with Crippen LogP contribution < -0.4 is 4.90 Å². The van der Waals surface area contributed by atoms with Crippen LogP contribution in [0, 0.1) is 16.0 Å². The van der Waals surface area contributed by atoms with Crippen molar-refractivity contribution in [2.24, 2.45) is 5.92 Å². The first-order valence-corrected chi connectivity index (χ1v) is 7.07. The van der Waals surface area contributed by atoms with Gasteiger partial charge in [0.25, 0.3) is 5.69 Å². The Morgan fingerprint density at radius 2 is 2.24 bits per heavy atom. The molecule has 0 saturated carbocycles. The molecule has 1 unspecified atom stereocenters. The van der Waals surface area contributed by atoms with Crippen LogP contribution >= 0.6 is 0 Å². The van der Waals surface area contributed by atoms with Gasteiger partial charge in [-0.05, 0) is 45.0 Å². The van der Waals surface area contributed by atoms with Gasteiger partial charge in [-0.25, -0.2) is 0 Å². The second-order valence-electron chi connectivity index (χ2n) is 5.81. The Balaban J connectivity index is 2.21. The summed E-state index contributed by atoms with van der Waals surface area (Å²) in [6.07, 6.45) is 1.11. The van der Waals surface area contributed by atoms with Crippen molar-refractivity contribution in [1.82, 2.24) is 4.90 Å². The minimum atomic E-state index is -0.418. The van der Waals surface area contributed by atoms with E-state index in [1.807, 2.05) is 11.9 Å². The summed E-state index contributed by atoms with van der Waals surface area (Å²) >= 11 is 0. The molecule has 1 heterocycles. The fourth-order valence-electron chi connectivity index (χ4n) is 2.87. The van der Waals surface area contributed by atoms with E-state index in [2.05, 4.69) is 11.9 Å². The van der Waals surface area contributed by atoms with E-state index >= 15 is 0 Å². The molecule has 1 atom stereocenters. The Morgan fingerprint density at radius 1 is 1.52 bits per heavy atom. The summed E-state index contributed by atoms with van der Waals surface area (Å²) in [6.45, 7) is 4.29. The maximum absolute atomic E-state index is 11.4. The number of rotatable bonds is 5. The molecule has 1 saturated heterocycles. The normalized spacial score (nSPS) is 18.7. The molecule has 2 rings (SSSR count). The lowest BCUT2D eigenvalue weighted by Gasteiger charge is -2.23. The molecule has 0 aliphatic carbocycles. The van der Waals surface area contributed by atoms with Crippen LogP contribution in [0.25, 0.3) is 0 Å². The van der Waals surface area contributed by atoms with Gasteiger partial charge in [-0.1, -0.05) is 0 Å². The third-order valence-corrected chi connectivity index (χ3v) is 4.01. The molecule has 1 fully saturated rings. The molecule has 21 heavy (non-hydrogen) atoms. The highest BCUT2D eigenvalue weighted by molar-refractivity contribution is 5.95. The monoisotopic (exact) mass is 291 g/mol. The number of anilines is 1. The Bertz CT molecular complexity index is 559. The standard InChI is InChI=1S/C15H21N3O3/c1-11(19)13-4-5-14(15(8-13)18(20)21)17(3)10-12-6-7-16(2)9-12/h4-5,8,12H,6-7,9-10H2,1-3H3. The van der Waals surface area contributed by atoms with Crippen molar-refractivity contribution in [1.29, 1.82) is 0 Å². The van der Waals surface area contributed by atoms with Crippen molar-refractivity contribution < 1.29 is 9.72 Å². The zero-order valence-corrected chi connectivity index (χ0v) is 12.7. The van der Waals surface area contributed by atoms with Crippen molar-refractivity contribution in [2.45, 2.75) is 13.3 Å². The largest absolute Gasteiger partial charge is 0.369 e. The lowest BCUT2D eigenvalue weighted by Crippen LogP contribution is -2.27. The summed E-state index contributed by atoms with van der Waals surface area (Å²) in [5.41, 5.74) is 0.940. The summed E-state index contributed by atoms with van der Waals surface area (Å²) in [4.78, 5) is 26.4. The van der Waals surface area contributed by atoms with Crippen LogP contribution in [0.15, 0.2) is 18.2 Å². The van der Waals surface area contributed by atoms with Crippen LogP contribution in [0.2, 0.25) is 0 Å². The van der Waals surface area contributed by atoms with Crippen molar-refractivity contribution in [3.05, 3.63) is 33.9 Å². The summed E-state index contributed by atoms with van der Waals surface area (Å²) in [6, 6.07) is 4.70. The smallest absolute Gasteiger partial charge is 0.293 e. The van der Waals surface area contributed by atoms with E-state index in [9.17, 15) is 14.9 Å². The SMILES string of the molecule is CC(=O)c1ccc(N(C)CC2CCN(C)C2)c([N+](=O)[O-])c1. The molecule has 0 aromatic heterocycles. The van der Waals surface area contributed by atoms with E-state index in [1.54, 1.807) is 12.1 Å². The number of carbonyl (C=O) groups is 1. The van der Waals surface area contributed by atoms with E-state index in [0.717, 1.165) is 26.1 Å². The highest BCUT2D eigenvalue weighted by Gasteiger charge is 2.24. The maximum Gasteiger partial charge on any atom is 0.293 e. The summed E-state index contributed by atoms with van der Waals surface area (Å²) in [5, 5.41) is 11.2. The number of benzene rings is 1. The van der Waals surface area contributed by atoms with E-state index in [-0.39, 0.29) is 11.5 Å². The molecule has 0 radical (unpaired) electrons. The van der Waals surface area contributed by atoms with Crippen molar-refractivity contribution >= 4 is 17.2 Å². The summed E-state index contributed by atoms with van der Waals surface area (Å²) < 4.78 is 0. The molecule has 0 spiro atoms. The van der Waals surface area contributed by atoms with Gasteiger partial charge < -0.3 is 9.80 Å². The molecule has 1 aromatic carbocycles. The predicted octanol–water partition coefficient (Wildman–Crippen LogP) is 2.19. The van der Waals surface area contributed by atoms with Gasteiger partial charge in [-0.15, -0.1) is 0 Å². The van der Waals surface area contributed by atoms with Gasteiger partial charge in [0.05, 0.1) is 4.92 Å². The summed E-state index contributed by atoms with van der Waals surface area (Å²) in [7, 11) is 3.96. The number of nitro benzene ring substituents is 1. The lowest BCUT2D eigenvalue weighted by atomic mass is 10.1. The first-order valence-electron chi connectivity index (χ1n) is 7.07. The minimum Gasteiger partial charge on any atom is -0.369 e. The van der Waals surface area contributed by atoms with Crippen LogP contribution in [0.1, 0.15) is 23.7 Å². The van der Waals surface area contributed by atoms with Gasteiger partial charge in [0.2, 0.25) is 0 Å². The molecule has 1 aliphatic heterocycles. The van der Waals surface area contributed by atoms with Crippen molar-refractivity contribution in [2.75, 3.05) is 38.6 Å². The van der Waals surface area contributed by atoms with Crippen LogP contribution in [0.3, 0.4) is 0 Å². The predicted molar refractivity (Wildman–Crippen MR) is 82.0 cm³/mol. The first kappa shape index (κ1) is 15.4. The second-order valence-corrected chi connectivity index (χ2v) is 5.81. The molecule has 0 N–H and O–H groups in total. The Kier molecular flexibility index (Phi) is 4.57. The maximum atomic E-state index is 11.4. The van der Waals surface area contributed by atoms with Crippen LogP contribution in [0.5, 0.6) is 0 Å². The third kappa shape index (κ3) is 3.58. The third-order valence-electron chi connectivity index (χ3n) is 4.01. The van der Waals surface area contributed by atoms with Crippen molar-refractivity contribution in [3.63, 3.8) is 0 Å². The van der Waals surface area contributed by atoms with Gasteiger partial charge in [-0.3, -0.25) is 14.9 Å². The number of hydrogen-bond donors (Lipinski definition) is 0. The fraction of sp³-hybridized carbons (Fsp3) is 0.533. The fourth-order valence-corrected chi connectivity index (χ4v) is 2.87. The van der Waals surface area contributed by atoms with Crippen LogP contribution in [-0.4, -0.2) is 49.3 Å². The van der Waals surface area contributed by atoms with Gasteiger partial charge in [-0.2, -0.15) is 0 Å². The molecule has 0 amide bonds. The van der Waals surface area contributed by atoms with Gasteiger partial charge in [0.15, 0.2) is 5.78 Å². The minimum absolute atomic E-state index is 0.00319. The lowest BCUT2D eigenvalue weighted by molar-refractivity contribution is -0.384. The average Bonchev–Trinajstić information content (AvgIpc) is 2.83. The van der Waals surface area contributed by atoms with Gasteiger partial charge in [0, 0.05) is 31.8 Å². The number of nitro groups is 1.